The quantitative estimate of drug-likeness (QED) is 0.100. The minimum atomic E-state index is -5.41. The van der Waals surface area contributed by atoms with Crippen molar-refractivity contribution in [3.8, 4) is 0 Å². The maximum atomic E-state index is 12.7. The summed E-state index contributed by atoms with van der Waals surface area (Å²) in [6.07, 6.45) is 12.9. The second-order valence-electron chi connectivity index (χ2n) is 9.51. The summed E-state index contributed by atoms with van der Waals surface area (Å²) in [6.45, 7) is 14.1. The molecule has 0 amide bonds. The summed E-state index contributed by atoms with van der Waals surface area (Å²) >= 11 is 0. The summed E-state index contributed by atoms with van der Waals surface area (Å²) in [5, 5.41) is 0. The molecule has 0 rings (SSSR count). The number of alkyl halides is 5. The monoisotopic (exact) mass is 468 g/mol. The van der Waals surface area contributed by atoms with Crippen LogP contribution in [-0.4, -0.2) is 12.1 Å². The van der Waals surface area contributed by atoms with Gasteiger partial charge in [-0.25, -0.2) is 0 Å². The Bertz CT molecular complexity index is 426. The smallest absolute Gasteiger partial charge is 0.196 e. The molecule has 0 heterocycles. The van der Waals surface area contributed by atoms with E-state index in [2.05, 4.69) is 33.9 Å². The number of rotatable bonds is 19. The SMILES string of the molecule is C=CCCCCCC(C)C.C=CCCCCCC(C)CCCCCCC(F)(F)C(F)(F)F. The molecule has 0 fully saturated rings. The molecule has 0 saturated carbocycles. The van der Waals surface area contributed by atoms with Gasteiger partial charge in [-0.05, 0) is 43.9 Å². The van der Waals surface area contributed by atoms with Crippen molar-refractivity contribution < 1.29 is 22.0 Å². The molecule has 0 radical (unpaired) electrons. The van der Waals surface area contributed by atoms with Gasteiger partial charge in [0.15, 0.2) is 0 Å². The fourth-order valence-corrected chi connectivity index (χ4v) is 3.46. The number of unbranched alkanes of at least 4 members (excludes halogenated alkanes) is 9. The molecule has 1 unspecified atom stereocenters. The third kappa shape index (κ3) is 22.3. The highest BCUT2D eigenvalue weighted by molar-refractivity contribution is 4.75. The predicted molar refractivity (Wildman–Crippen MR) is 129 cm³/mol. The first-order chi connectivity index (χ1) is 15.0. The fourth-order valence-electron chi connectivity index (χ4n) is 3.46. The van der Waals surface area contributed by atoms with Gasteiger partial charge >= 0.3 is 12.1 Å². The second kappa shape index (κ2) is 20.7. The van der Waals surface area contributed by atoms with Crippen molar-refractivity contribution >= 4 is 0 Å². The van der Waals surface area contributed by atoms with E-state index >= 15 is 0 Å². The molecular formula is C27H49F5. The average molecular weight is 469 g/mol. The topological polar surface area (TPSA) is 0 Å². The summed E-state index contributed by atoms with van der Waals surface area (Å²) < 4.78 is 61.2. The van der Waals surface area contributed by atoms with Crippen LogP contribution in [0.1, 0.15) is 124 Å². The summed E-state index contributed by atoms with van der Waals surface area (Å²) in [7, 11) is 0. The minimum absolute atomic E-state index is 0.0670. The molecule has 0 N–H and O–H groups in total. The molecule has 0 aliphatic heterocycles. The van der Waals surface area contributed by atoms with E-state index in [-0.39, 0.29) is 6.42 Å². The zero-order chi connectivity index (χ0) is 24.9. The molecule has 32 heavy (non-hydrogen) atoms. The maximum absolute atomic E-state index is 12.7. The van der Waals surface area contributed by atoms with Gasteiger partial charge in [0, 0.05) is 6.42 Å². The van der Waals surface area contributed by atoms with Gasteiger partial charge in [0.05, 0.1) is 0 Å². The first-order valence-electron chi connectivity index (χ1n) is 12.6. The van der Waals surface area contributed by atoms with Crippen molar-refractivity contribution in [2.45, 2.75) is 136 Å². The Morgan fingerprint density at radius 3 is 1.41 bits per heavy atom. The Morgan fingerprint density at radius 2 is 1.00 bits per heavy atom. The highest BCUT2D eigenvalue weighted by Crippen LogP contribution is 2.39. The Balaban J connectivity index is 0. The van der Waals surface area contributed by atoms with Crippen LogP contribution in [0.5, 0.6) is 0 Å². The normalized spacial score (nSPS) is 12.9. The molecule has 0 spiro atoms. The van der Waals surface area contributed by atoms with E-state index in [0.29, 0.717) is 12.3 Å². The van der Waals surface area contributed by atoms with Crippen LogP contribution >= 0.6 is 0 Å². The van der Waals surface area contributed by atoms with Crippen molar-refractivity contribution in [3.63, 3.8) is 0 Å². The van der Waals surface area contributed by atoms with Gasteiger partial charge in [0.25, 0.3) is 0 Å². The lowest BCUT2D eigenvalue weighted by atomic mass is 9.96. The van der Waals surface area contributed by atoms with Crippen LogP contribution in [0.15, 0.2) is 25.3 Å². The van der Waals surface area contributed by atoms with E-state index in [4.69, 9.17) is 0 Å². The lowest BCUT2D eigenvalue weighted by molar-refractivity contribution is -0.284. The minimum Gasteiger partial charge on any atom is -0.196 e. The molecule has 192 valence electrons. The lowest BCUT2D eigenvalue weighted by Crippen LogP contribution is -2.36. The number of halogens is 5. The van der Waals surface area contributed by atoms with E-state index in [9.17, 15) is 22.0 Å². The van der Waals surface area contributed by atoms with Crippen molar-refractivity contribution in [3.05, 3.63) is 25.3 Å². The molecule has 0 nitrogen and oxygen atoms in total. The van der Waals surface area contributed by atoms with E-state index in [0.717, 1.165) is 38.0 Å². The van der Waals surface area contributed by atoms with Crippen LogP contribution in [0.4, 0.5) is 22.0 Å². The summed E-state index contributed by atoms with van der Waals surface area (Å²) in [4.78, 5) is 0. The second-order valence-corrected chi connectivity index (χ2v) is 9.51. The fraction of sp³-hybridized carbons (Fsp3) is 0.852. The molecule has 0 aliphatic carbocycles. The molecular weight excluding hydrogens is 419 g/mol. The number of hydrogen-bond donors (Lipinski definition) is 0. The zero-order valence-electron chi connectivity index (χ0n) is 20.9. The van der Waals surface area contributed by atoms with Gasteiger partial charge < -0.3 is 0 Å². The average Bonchev–Trinajstić information content (AvgIpc) is 2.69. The van der Waals surface area contributed by atoms with E-state index in [1.54, 1.807) is 0 Å². The molecule has 0 saturated heterocycles. The van der Waals surface area contributed by atoms with Crippen molar-refractivity contribution in [2.24, 2.45) is 11.8 Å². The zero-order valence-corrected chi connectivity index (χ0v) is 20.9. The van der Waals surface area contributed by atoms with Crippen LogP contribution in [0.25, 0.3) is 0 Å². The summed E-state index contributed by atoms with van der Waals surface area (Å²) in [5.41, 5.74) is 0. The first-order valence-corrected chi connectivity index (χ1v) is 12.6. The van der Waals surface area contributed by atoms with Crippen LogP contribution in [0.3, 0.4) is 0 Å². The van der Waals surface area contributed by atoms with Crippen molar-refractivity contribution in [1.82, 2.24) is 0 Å². The Hall–Kier alpha value is -0.870. The Morgan fingerprint density at radius 1 is 0.594 bits per heavy atom. The van der Waals surface area contributed by atoms with E-state index in [1.165, 1.54) is 51.4 Å². The van der Waals surface area contributed by atoms with Gasteiger partial charge in [-0.1, -0.05) is 97.1 Å². The van der Waals surface area contributed by atoms with Gasteiger partial charge in [-0.2, -0.15) is 22.0 Å². The van der Waals surface area contributed by atoms with Crippen LogP contribution in [0, 0.1) is 11.8 Å². The molecule has 0 aromatic heterocycles. The van der Waals surface area contributed by atoms with Crippen molar-refractivity contribution in [2.75, 3.05) is 0 Å². The molecule has 0 aromatic rings. The van der Waals surface area contributed by atoms with Gasteiger partial charge in [0.2, 0.25) is 0 Å². The third-order valence-electron chi connectivity index (χ3n) is 5.65. The van der Waals surface area contributed by atoms with Crippen LogP contribution < -0.4 is 0 Å². The van der Waals surface area contributed by atoms with Crippen LogP contribution in [-0.2, 0) is 0 Å². The maximum Gasteiger partial charge on any atom is 0.453 e. The molecule has 5 heteroatoms. The summed E-state index contributed by atoms with van der Waals surface area (Å²) in [5.74, 6) is -3.06. The van der Waals surface area contributed by atoms with Gasteiger partial charge in [0.1, 0.15) is 0 Å². The number of allylic oxidation sites excluding steroid dienone is 2. The van der Waals surface area contributed by atoms with Crippen LogP contribution in [0.2, 0.25) is 0 Å². The summed E-state index contributed by atoms with van der Waals surface area (Å²) in [6, 6.07) is 0. The molecule has 0 aliphatic rings. The largest absolute Gasteiger partial charge is 0.453 e. The highest BCUT2D eigenvalue weighted by atomic mass is 19.4. The highest BCUT2D eigenvalue weighted by Gasteiger charge is 2.56. The third-order valence-corrected chi connectivity index (χ3v) is 5.65. The molecule has 0 bridgehead atoms. The number of hydrogen-bond acceptors (Lipinski definition) is 0. The van der Waals surface area contributed by atoms with Gasteiger partial charge in [-0.15, -0.1) is 13.2 Å². The lowest BCUT2D eigenvalue weighted by Gasteiger charge is -2.19. The van der Waals surface area contributed by atoms with E-state index < -0.39 is 18.5 Å². The molecule has 0 aromatic carbocycles. The Labute approximate surface area is 195 Å². The Kier molecular flexibility index (Phi) is 21.6. The standard InChI is InChI=1S/C17H29F5.C10H20/c1-3-4-5-6-9-12-15(2)13-10-7-8-11-14-16(18,19)17(20,21)22;1-4-5-6-7-8-9-10(2)3/h3,15H,1,4-14H2,2H3;4,10H,1,5-9H2,2-3H3. The first kappa shape index (κ1) is 33.3. The predicted octanol–water partition coefficient (Wildman–Crippen LogP) is 11.1. The van der Waals surface area contributed by atoms with E-state index in [1.807, 2.05) is 12.2 Å². The molecule has 1 atom stereocenters. The van der Waals surface area contributed by atoms with Gasteiger partial charge in [-0.3, -0.25) is 0 Å². The van der Waals surface area contributed by atoms with Crippen molar-refractivity contribution in [1.29, 1.82) is 0 Å².